The summed E-state index contributed by atoms with van der Waals surface area (Å²) >= 11 is 6.61. The Balaban J connectivity index is 1.91. The van der Waals surface area contributed by atoms with Crippen molar-refractivity contribution in [1.82, 2.24) is 0 Å². The monoisotopic (exact) mass is 417 g/mol. The number of fused-ring (bicyclic) bond motifs is 1. The van der Waals surface area contributed by atoms with Crippen molar-refractivity contribution in [3.05, 3.63) is 34.0 Å². The zero-order chi connectivity index (χ0) is 20.9. The van der Waals surface area contributed by atoms with Crippen LogP contribution in [0.3, 0.4) is 0 Å². The molecule has 0 saturated carbocycles. The van der Waals surface area contributed by atoms with Gasteiger partial charge in [-0.2, -0.15) is 0 Å². The van der Waals surface area contributed by atoms with E-state index in [4.69, 9.17) is 25.8 Å². The smallest absolute Gasteiger partial charge is 0.315 e. The zero-order valence-corrected chi connectivity index (χ0v) is 17.8. The molecule has 0 fully saturated rings. The molecule has 0 N–H and O–H groups in total. The molecule has 1 unspecified atom stereocenters. The Labute approximate surface area is 174 Å². The number of aliphatic imine (C=N–C) groups is 1. The number of allylic oxidation sites excluding steroid dienone is 2. The maximum absolute atomic E-state index is 13.2. The second kappa shape index (κ2) is 7.17. The number of Topliss-reactive ketones (excluding diaryl/α,β-unsaturated/α-hetero) is 1. The average molecular weight is 418 g/mol. The van der Waals surface area contributed by atoms with Gasteiger partial charge >= 0.3 is 5.97 Å². The molecular weight excluding hydrogens is 394 g/mol. The van der Waals surface area contributed by atoms with E-state index in [-0.39, 0.29) is 24.6 Å². The third-order valence-corrected chi connectivity index (χ3v) is 6.00. The normalized spacial score (nSPS) is 24.9. The molecule has 7 heteroatoms. The Morgan fingerprint density at radius 3 is 2.66 bits per heavy atom. The van der Waals surface area contributed by atoms with Crippen LogP contribution in [0.2, 0.25) is 5.02 Å². The van der Waals surface area contributed by atoms with Crippen LogP contribution < -0.4 is 9.47 Å². The molecular formula is C22H24ClNO5. The van der Waals surface area contributed by atoms with Crippen molar-refractivity contribution in [2.75, 3.05) is 13.4 Å². The number of hydrogen-bond acceptors (Lipinski definition) is 6. The maximum atomic E-state index is 13.2. The summed E-state index contributed by atoms with van der Waals surface area (Å²) in [4.78, 5) is 30.8. The Kier molecular flexibility index (Phi) is 4.93. The first-order chi connectivity index (χ1) is 13.7. The lowest BCUT2D eigenvalue weighted by Crippen LogP contribution is -2.39. The summed E-state index contributed by atoms with van der Waals surface area (Å²) in [6.07, 6.45) is 1.06. The van der Waals surface area contributed by atoms with Gasteiger partial charge in [-0.15, -0.1) is 0 Å². The van der Waals surface area contributed by atoms with Gasteiger partial charge in [-0.05, 0) is 37.3 Å². The molecule has 4 rings (SSSR count). The number of carbonyl (C=O) groups excluding carboxylic acids is 2. The molecule has 1 aromatic rings. The number of hydrogen-bond donors (Lipinski definition) is 0. The molecule has 2 heterocycles. The topological polar surface area (TPSA) is 74.2 Å². The standard InChI is InChI=1S/C22H24ClNO5/c1-5-27-21(26)18-11(2)24-14-8-22(3,4)9-15(25)20(14)19(18)12-6-16-17(7-13(12)23)29-10-28-16/h6-7,18-19H,5,8-10H2,1-4H3/t18?,19-/m0/s1. The van der Waals surface area contributed by atoms with Crippen LogP contribution in [0, 0.1) is 11.3 Å². The van der Waals surface area contributed by atoms with E-state index in [1.807, 2.05) is 6.92 Å². The van der Waals surface area contributed by atoms with Gasteiger partial charge in [-0.1, -0.05) is 25.4 Å². The van der Waals surface area contributed by atoms with Gasteiger partial charge < -0.3 is 14.2 Å². The van der Waals surface area contributed by atoms with Crippen molar-refractivity contribution in [2.45, 2.75) is 46.5 Å². The summed E-state index contributed by atoms with van der Waals surface area (Å²) in [5, 5.41) is 0.424. The average Bonchev–Trinajstić information content (AvgIpc) is 3.05. The third kappa shape index (κ3) is 3.44. The predicted molar refractivity (Wildman–Crippen MR) is 109 cm³/mol. The molecule has 2 atom stereocenters. The van der Waals surface area contributed by atoms with Crippen molar-refractivity contribution in [3.8, 4) is 11.5 Å². The SMILES string of the molecule is CCOC(=O)C1C(C)=NC2=C(C(=O)CC(C)(C)C2)[C@H]1c1cc2c(cc1Cl)OCO2. The number of carbonyl (C=O) groups is 2. The quantitative estimate of drug-likeness (QED) is 0.679. The van der Waals surface area contributed by atoms with Crippen LogP contribution in [0.25, 0.3) is 0 Å². The highest BCUT2D eigenvalue weighted by molar-refractivity contribution is 6.32. The molecule has 29 heavy (non-hydrogen) atoms. The van der Waals surface area contributed by atoms with Gasteiger partial charge in [0.15, 0.2) is 17.3 Å². The Hall–Kier alpha value is -2.34. The Bertz CT molecular complexity index is 962. The van der Waals surface area contributed by atoms with Crippen LogP contribution >= 0.6 is 11.6 Å². The lowest BCUT2D eigenvalue weighted by Gasteiger charge is -2.39. The molecule has 0 radical (unpaired) electrons. The highest BCUT2D eigenvalue weighted by Gasteiger charge is 2.47. The van der Waals surface area contributed by atoms with E-state index in [2.05, 4.69) is 18.8 Å². The molecule has 0 saturated heterocycles. The van der Waals surface area contributed by atoms with Gasteiger partial charge in [0.25, 0.3) is 0 Å². The minimum Gasteiger partial charge on any atom is -0.465 e. The van der Waals surface area contributed by atoms with Crippen molar-refractivity contribution in [1.29, 1.82) is 0 Å². The van der Waals surface area contributed by atoms with Crippen molar-refractivity contribution >= 4 is 29.1 Å². The molecule has 2 aliphatic heterocycles. The van der Waals surface area contributed by atoms with Crippen molar-refractivity contribution < 1.29 is 23.8 Å². The molecule has 0 bridgehead atoms. The van der Waals surface area contributed by atoms with Gasteiger partial charge in [-0.25, -0.2) is 0 Å². The van der Waals surface area contributed by atoms with Crippen LogP contribution in [0.5, 0.6) is 11.5 Å². The molecule has 6 nitrogen and oxygen atoms in total. The zero-order valence-electron chi connectivity index (χ0n) is 17.0. The van der Waals surface area contributed by atoms with E-state index in [0.717, 1.165) is 5.70 Å². The summed E-state index contributed by atoms with van der Waals surface area (Å²) < 4.78 is 16.3. The summed E-state index contributed by atoms with van der Waals surface area (Å²) in [6, 6.07) is 3.46. The molecule has 1 aromatic carbocycles. The molecule has 0 spiro atoms. The molecule has 3 aliphatic rings. The number of esters is 1. The molecule has 0 aromatic heterocycles. The van der Waals surface area contributed by atoms with Crippen LogP contribution in [-0.2, 0) is 14.3 Å². The summed E-state index contributed by atoms with van der Waals surface area (Å²) in [6.45, 7) is 8.04. The summed E-state index contributed by atoms with van der Waals surface area (Å²) in [5.74, 6) is -0.572. The van der Waals surface area contributed by atoms with E-state index in [1.165, 1.54) is 0 Å². The van der Waals surface area contributed by atoms with Crippen LogP contribution in [0.15, 0.2) is 28.4 Å². The fourth-order valence-electron chi connectivity index (χ4n) is 4.49. The maximum Gasteiger partial charge on any atom is 0.315 e. The highest BCUT2D eigenvalue weighted by Crippen LogP contribution is 2.51. The lowest BCUT2D eigenvalue weighted by atomic mass is 9.67. The first kappa shape index (κ1) is 20.0. The van der Waals surface area contributed by atoms with Crippen molar-refractivity contribution in [2.24, 2.45) is 16.3 Å². The lowest BCUT2D eigenvalue weighted by molar-refractivity contribution is -0.146. The molecule has 154 valence electrons. The first-order valence-corrected chi connectivity index (χ1v) is 10.2. The fraction of sp³-hybridized carbons (Fsp3) is 0.500. The Morgan fingerprint density at radius 2 is 1.97 bits per heavy atom. The minimum absolute atomic E-state index is 0.000493. The predicted octanol–water partition coefficient (Wildman–Crippen LogP) is 4.45. The Morgan fingerprint density at radius 1 is 1.28 bits per heavy atom. The second-order valence-electron chi connectivity index (χ2n) is 8.49. The number of rotatable bonds is 3. The van der Waals surface area contributed by atoms with Crippen LogP contribution in [-0.4, -0.2) is 30.9 Å². The minimum atomic E-state index is -0.711. The fourth-order valence-corrected chi connectivity index (χ4v) is 4.76. The highest BCUT2D eigenvalue weighted by atomic mass is 35.5. The van der Waals surface area contributed by atoms with E-state index in [9.17, 15) is 9.59 Å². The van der Waals surface area contributed by atoms with Gasteiger partial charge in [0, 0.05) is 40.4 Å². The summed E-state index contributed by atoms with van der Waals surface area (Å²) in [5.41, 5.74) is 2.41. The summed E-state index contributed by atoms with van der Waals surface area (Å²) in [7, 11) is 0. The molecule has 1 aliphatic carbocycles. The number of benzene rings is 1. The molecule has 0 amide bonds. The van der Waals surface area contributed by atoms with Crippen molar-refractivity contribution in [3.63, 3.8) is 0 Å². The third-order valence-electron chi connectivity index (χ3n) is 5.67. The largest absolute Gasteiger partial charge is 0.465 e. The second-order valence-corrected chi connectivity index (χ2v) is 8.90. The van der Waals surface area contributed by atoms with E-state index >= 15 is 0 Å². The number of nitrogens with zero attached hydrogens (tertiary/aromatic N) is 1. The first-order valence-electron chi connectivity index (χ1n) is 9.79. The van der Waals surface area contributed by atoms with Crippen LogP contribution in [0.4, 0.5) is 0 Å². The van der Waals surface area contributed by atoms with E-state index in [1.54, 1.807) is 19.1 Å². The number of ketones is 1. The van der Waals surface area contributed by atoms with Crippen LogP contribution in [0.1, 0.15) is 52.0 Å². The van der Waals surface area contributed by atoms with E-state index in [0.29, 0.717) is 46.2 Å². The van der Waals surface area contributed by atoms with Gasteiger partial charge in [0.1, 0.15) is 5.92 Å². The van der Waals surface area contributed by atoms with Gasteiger partial charge in [-0.3, -0.25) is 14.6 Å². The van der Waals surface area contributed by atoms with Gasteiger partial charge in [0.2, 0.25) is 6.79 Å². The number of halogens is 1. The van der Waals surface area contributed by atoms with Gasteiger partial charge in [0.05, 0.1) is 6.61 Å². The number of ether oxygens (including phenoxy) is 3. The van der Waals surface area contributed by atoms with E-state index < -0.39 is 17.8 Å².